The van der Waals surface area contributed by atoms with Crippen molar-refractivity contribution in [1.29, 1.82) is 0 Å². The smallest absolute Gasteiger partial charge is 0.191 e. The van der Waals surface area contributed by atoms with Crippen LogP contribution in [-0.4, -0.2) is 44.3 Å². The Morgan fingerprint density at radius 3 is 2.85 bits per heavy atom. The molecule has 3 rings (SSSR count). The molecule has 0 aliphatic heterocycles. The highest BCUT2D eigenvalue weighted by Gasteiger charge is 2.36. The molecule has 2 aromatic rings. The average Bonchev–Trinajstić information content (AvgIpc) is 3.04. The van der Waals surface area contributed by atoms with Crippen molar-refractivity contribution in [1.82, 2.24) is 15.6 Å². The van der Waals surface area contributed by atoms with Crippen LogP contribution in [0.1, 0.15) is 38.2 Å². The van der Waals surface area contributed by atoms with Gasteiger partial charge in [-0.1, -0.05) is 24.6 Å². The number of guanidine groups is 1. The standard InChI is InChI=1S/C21H32N4O/c1-3-22-20(25-16-21(10-6-11-21)12-14-26-2)23-13-9-17-15-24-19-8-5-4-7-18(17)19/h4-5,7-8,15,24H,3,6,9-14,16H2,1-2H3,(H2,22,23,25). The number of methoxy groups -OCH3 is 1. The number of rotatable bonds is 9. The summed E-state index contributed by atoms with van der Waals surface area (Å²) in [6.45, 7) is 5.59. The van der Waals surface area contributed by atoms with Gasteiger partial charge in [-0.3, -0.25) is 4.99 Å². The molecule has 1 fully saturated rings. The maximum Gasteiger partial charge on any atom is 0.191 e. The Hall–Kier alpha value is -2.01. The lowest BCUT2D eigenvalue weighted by atomic mass is 9.67. The van der Waals surface area contributed by atoms with E-state index in [9.17, 15) is 0 Å². The van der Waals surface area contributed by atoms with Crippen molar-refractivity contribution in [2.24, 2.45) is 10.4 Å². The van der Waals surface area contributed by atoms with Gasteiger partial charge in [0.2, 0.25) is 0 Å². The van der Waals surface area contributed by atoms with Gasteiger partial charge in [-0.25, -0.2) is 0 Å². The second-order valence-corrected chi connectivity index (χ2v) is 7.33. The molecule has 0 spiro atoms. The van der Waals surface area contributed by atoms with Gasteiger partial charge in [-0.15, -0.1) is 0 Å². The highest BCUT2D eigenvalue weighted by Crippen LogP contribution is 2.44. The van der Waals surface area contributed by atoms with Gasteiger partial charge in [0.15, 0.2) is 5.96 Å². The predicted octanol–water partition coefficient (Wildman–Crippen LogP) is 3.47. The zero-order chi connectivity index (χ0) is 18.2. The van der Waals surface area contributed by atoms with Crippen LogP contribution in [0.2, 0.25) is 0 Å². The monoisotopic (exact) mass is 356 g/mol. The Morgan fingerprint density at radius 1 is 1.27 bits per heavy atom. The van der Waals surface area contributed by atoms with Gasteiger partial charge >= 0.3 is 0 Å². The van der Waals surface area contributed by atoms with Crippen molar-refractivity contribution in [2.75, 3.05) is 33.4 Å². The summed E-state index contributed by atoms with van der Waals surface area (Å²) in [5.74, 6) is 0.927. The Morgan fingerprint density at radius 2 is 2.12 bits per heavy atom. The van der Waals surface area contributed by atoms with Gasteiger partial charge in [-0.05, 0) is 49.7 Å². The molecule has 0 amide bonds. The zero-order valence-corrected chi connectivity index (χ0v) is 16.1. The Bertz CT molecular complexity index is 718. The van der Waals surface area contributed by atoms with Crippen molar-refractivity contribution >= 4 is 16.9 Å². The quantitative estimate of drug-likeness (QED) is 0.476. The van der Waals surface area contributed by atoms with Crippen molar-refractivity contribution < 1.29 is 4.74 Å². The molecule has 0 radical (unpaired) electrons. The van der Waals surface area contributed by atoms with Crippen LogP contribution in [0.3, 0.4) is 0 Å². The topological polar surface area (TPSA) is 61.4 Å². The first-order valence-electron chi connectivity index (χ1n) is 9.82. The first kappa shape index (κ1) is 18.8. The maximum absolute atomic E-state index is 5.29. The molecule has 1 aromatic carbocycles. The summed E-state index contributed by atoms with van der Waals surface area (Å²) in [6.07, 6.45) is 8.07. The predicted molar refractivity (Wildman–Crippen MR) is 109 cm³/mol. The summed E-state index contributed by atoms with van der Waals surface area (Å²) in [7, 11) is 1.78. The largest absolute Gasteiger partial charge is 0.385 e. The molecule has 0 bridgehead atoms. The van der Waals surface area contributed by atoms with Crippen LogP contribution in [0, 0.1) is 5.41 Å². The van der Waals surface area contributed by atoms with Crippen LogP contribution in [0.15, 0.2) is 35.5 Å². The minimum atomic E-state index is 0.356. The van der Waals surface area contributed by atoms with E-state index in [0.29, 0.717) is 5.41 Å². The molecule has 3 N–H and O–H groups in total. The normalized spacial score (nSPS) is 16.5. The van der Waals surface area contributed by atoms with Crippen LogP contribution < -0.4 is 10.6 Å². The number of nitrogens with zero attached hydrogens (tertiary/aromatic N) is 1. The van der Waals surface area contributed by atoms with E-state index in [4.69, 9.17) is 9.73 Å². The lowest BCUT2D eigenvalue weighted by Crippen LogP contribution is -2.41. The van der Waals surface area contributed by atoms with E-state index in [1.807, 2.05) is 0 Å². The zero-order valence-electron chi connectivity index (χ0n) is 16.1. The number of benzene rings is 1. The van der Waals surface area contributed by atoms with Crippen LogP contribution >= 0.6 is 0 Å². The van der Waals surface area contributed by atoms with Crippen LogP contribution in [-0.2, 0) is 11.2 Å². The fourth-order valence-corrected chi connectivity index (χ4v) is 3.73. The van der Waals surface area contributed by atoms with E-state index in [-0.39, 0.29) is 0 Å². The number of aromatic amines is 1. The number of aromatic nitrogens is 1. The molecule has 1 heterocycles. The minimum absolute atomic E-state index is 0.356. The molecule has 0 unspecified atom stereocenters. The molecular weight excluding hydrogens is 324 g/mol. The fourth-order valence-electron chi connectivity index (χ4n) is 3.73. The molecule has 1 aliphatic carbocycles. The van der Waals surface area contributed by atoms with E-state index in [1.54, 1.807) is 7.11 Å². The van der Waals surface area contributed by atoms with E-state index in [2.05, 4.69) is 53.0 Å². The van der Waals surface area contributed by atoms with Gasteiger partial charge in [0.05, 0.1) is 0 Å². The molecule has 0 saturated heterocycles. The van der Waals surface area contributed by atoms with Crippen molar-refractivity contribution in [3.05, 3.63) is 36.0 Å². The highest BCUT2D eigenvalue weighted by molar-refractivity contribution is 5.83. The summed E-state index contributed by atoms with van der Waals surface area (Å²) in [5.41, 5.74) is 2.91. The molecule has 5 heteroatoms. The molecule has 5 nitrogen and oxygen atoms in total. The van der Waals surface area contributed by atoms with Crippen LogP contribution in [0.25, 0.3) is 10.9 Å². The average molecular weight is 357 g/mol. The minimum Gasteiger partial charge on any atom is -0.385 e. The number of ether oxygens (including phenoxy) is 1. The third kappa shape index (κ3) is 4.58. The number of aliphatic imine (C=N–C) groups is 1. The summed E-state index contributed by atoms with van der Waals surface area (Å²) < 4.78 is 5.29. The molecule has 142 valence electrons. The second-order valence-electron chi connectivity index (χ2n) is 7.33. The highest BCUT2D eigenvalue weighted by atomic mass is 16.5. The van der Waals surface area contributed by atoms with Crippen LogP contribution in [0.4, 0.5) is 0 Å². The molecular formula is C21H32N4O. The SMILES string of the molecule is CCNC(=NCC1(CCOC)CCC1)NCCc1c[nH]c2ccccc12. The number of nitrogens with one attached hydrogen (secondary N) is 3. The maximum atomic E-state index is 5.29. The van der Waals surface area contributed by atoms with Crippen molar-refractivity contribution in [2.45, 2.75) is 39.0 Å². The number of para-hydroxylation sites is 1. The van der Waals surface area contributed by atoms with E-state index in [1.165, 1.54) is 35.7 Å². The molecule has 26 heavy (non-hydrogen) atoms. The first-order valence-corrected chi connectivity index (χ1v) is 9.82. The van der Waals surface area contributed by atoms with E-state index in [0.717, 1.165) is 45.0 Å². The van der Waals surface area contributed by atoms with Gasteiger partial charge in [0.25, 0.3) is 0 Å². The molecule has 1 aromatic heterocycles. The lowest BCUT2D eigenvalue weighted by Gasteiger charge is -2.40. The number of hydrogen-bond donors (Lipinski definition) is 3. The Kier molecular flexibility index (Phi) is 6.56. The lowest BCUT2D eigenvalue weighted by molar-refractivity contribution is 0.0778. The Balaban J connectivity index is 1.54. The molecule has 1 aliphatic rings. The molecule has 1 saturated carbocycles. The molecule has 0 atom stereocenters. The number of fused-ring (bicyclic) bond motifs is 1. The van der Waals surface area contributed by atoms with E-state index < -0.39 is 0 Å². The first-order chi connectivity index (χ1) is 12.8. The van der Waals surface area contributed by atoms with Gasteiger partial charge in [0, 0.05) is 50.5 Å². The van der Waals surface area contributed by atoms with E-state index >= 15 is 0 Å². The fraction of sp³-hybridized carbons (Fsp3) is 0.571. The van der Waals surface area contributed by atoms with Crippen LogP contribution in [0.5, 0.6) is 0 Å². The summed E-state index contributed by atoms with van der Waals surface area (Å²) in [6, 6.07) is 8.46. The summed E-state index contributed by atoms with van der Waals surface area (Å²) in [5, 5.41) is 8.18. The number of H-pyrrole nitrogens is 1. The summed E-state index contributed by atoms with van der Waals surface area (Å²) in [4.78, 5) is 8.22. The second kappa shape index (κ2) is 9.08. The number of hydrogen-bond acceptors (Lipinski definition) is 2. The van der Waals surface area contributed by atoms with Gasteiger partial charge in [0.1, 0.15) is 0 Å². The third-order valence-electron chi connectivity index (χ3n) is 5.53. The van der Waals surface area contributed by atoms with Crippen molar-refractivity contribution in [3.8, 4) is 0 Å². The third-order valence-corrected chi connectivity index (χ3v) is 5.53. The summed E-state index contributed by atoms with van der Waals surface area (Å²) >= 11 is 0. The van der Waals surface area contributed by atoms with Gasteiger partial charge < -0.3 is 20.4 Å². The van der Waals surface area contributed by atoms with Crippen molar-refractivity contribution in [3.63, 3.8) is 0 Å². The van der Waals surface area contributed by atoms with Gasteiger partial charge in [-0.2, -0.15) is 0 Å². The Labute approximate surface area is 156 Å².